The van der Waals surface area contributed by atoms with Crippen LogP contribution in [0, 0.1) is 5.92 Å². The highest BCUT2D eigenvalue weighted by molar-refractivity contribution is 5.28. The second-order valence-corrected chi connectivity index (χ2v) is 5.89. The Kier molecular flexibility index (Phi) is 4.16. The van der Waals surface area contributed by atoms with Crippen molar-refractivity contribution in [1.29, 1.82) is 0 Å². The molecule has 3 heteroatoms. The van der Waals surface area contributed by atoms with Crippen molar-refractivity contribution in [3.8, 4) is 0 Å². The molecule has 2 aliphatic heterocycles. The van der Waals surface area contributed by atoms with Crippen LogP contribution in [0.5, 0.6) is 0 Å². The molecule has 104 valence electrons. The Morgan fingerprint density at radius 1 is 1.26 bits per heavy atom. The van der Waals surface area contributed by atoms with E-state index in [-0.39, 0.29) is 0 Å². The van der Waals surface area contributed by atoms with Gasteiger partial charge in [-0.15, -0.1) is 0 Å². The zero-order valence-electron chi connectivity index (χ0n) is 11.6. The van der Waals surface area contributed by atoms with Crippen LogP contribution in [-0.4, -0.2) is 37.2 Å². The lowest BCUT2D eigenvalue weighted by molar-refractivity contribution is 0.0251. The van der Waals surface area contributed by atoms with E-state index in [1.54, 1.807) is 0 Å². The third-order valence-corrected chi connectivity index (χ3v) is 4.46. The van der Waals surface area contributed by atoms with Crippen molar-refractivity contribution in [2.75, 3.05) is 26.3 Å². The Labute approximate surface area is 115 Å². The molecule has 0 radical (unpaired) electrons. The molecule has 0 aliphatic carbocycles. The Morgan fingerprint density at radius 2 is 2.11 bits per heavy atom. The summed E-state index contributed by atoms with van der Waals surface area (Å²) in [5, 5.41) is 0. The quantitative estimate of drug-likeness (QED) is 0.881. The predicted molar refractivity (Wildman–Crippen MR) is 76.9 cm³/mol. The third kappa shape index (κ3) is 3.16. The number of rotatable bonds is 2. The second kappa shape index (κ2) is 6.04. The van der Waals surface area contributed by atoms with Crippen molar-refractivity contribution in [1.82, 2.24) is 4.90 Å². The normalized spacial score (nSPS) is 28.7. The molecule has 19 heavy (non-hydrogen) atoms. The number of hydrogen-bond donors (Lipinski definition) is 1. The molecule has 0 amide bonds. The minimum Gasteiger partial charge on any atom is -0.381 e. The average Bonchev–Trinajstić information content (AvgIpc) is 2.63. The molecule has 2 N–H and O–H groups in total. The molecule has 2 aliphatic rings. The minimum atomic E-state index is 0.312. The van der Waals surface area contributed by atoms with Gasteiger partial charge in [0.1, 0.15) is 0 Å². The number of nitrogens with two attached hydrogens (primary N) is 1. The van der Waals surface area contributed by atoms with E-state index >= 15 is 0 Å². The highest BCUT2D eigenvalue weighted by Crippen LogP contribution is 2.21. The first-order valence-electron chi connectivity index (χ1n) is 7.45. The zero-order valence-corrected chi connectivity index (χ0v) is 11.6. The summed E-state index contributed by atoms with van der Waals surface area (Å²) in [6, 6.07) is 9.16. The van der Waals surface area contributed by atoms with Gasteiger partial charge in [0, 0.05) is 31.7 Å². The van der Waals surface area contributed by atoms with E-state index in [0.717, 1.165) is 32.7 Å². The van der Waals surface area contributed by atoms with Crippen LogP contribution in [-0.2, 0) is 17.7 Å². The molecule has 2 heterocycles. The lowest BCUT2D eigenvalue weighted by Gasteiger charge is -2.33. The average molecular weight is 260 g/mol. The summed E-state index contributed by atoms with van der Waals surface area (Å²) in [6.45, 7) is 4.99. The Bertz CT molecular complexity index is 421. The molecule has 1 aromatic carbocycles. The van der Waals surface area contributed by atoms with Crippen LogP contribution in [0.1, 0.15) is 24.0 Å². The van der Waals surface area contributed by atoms with Crippen LogP contribution in [0.25, 0.3) is 0 Å². The summed E-state index contributed by atoms with van der Waals surface area (Å²) in [5.41, 5.74) is 9.24. The van der Waals surface area contributed by atoms with Gasteiger partial charge in [-0.3, -0.25) is 4.90 Å². The first-order valence-corrected chi connectivity index (χ1v) is 7.45. The summed E-state index contributed by atoms with van der Waals surface area (Å²) in [5.74, 6) is 0.499. The van der Waals surface area contributed by atoms with E-state index in [1.807, 2.05) is 0 Å². The van der Waals surface area contributed by atoms with Gasteiger partial charge in [0.2, 0.25) is 0 Å². The summed E-state index contributed by atoms with van der Waals surface area (Å²) < 4.78 is 5.59. The molecule has 2 unspecified atom stereocenters. The zero-order chi connectivity index (χ0) is 13.1. The first-order chi connectivity index (χ1) is 9.33. The van der Waals surface area contributed by atoms with Crippen LogP contribution in [0.4, 0.5) is 0 Å². The monoisotopic (exact) mass is 260 g/mol. The molecule has 0 bridgehead atoms. The topological polar surface area (TPSA) is 38.5 Å². The third-order valence-electron chi connectivity index (χ3n) is 4.46. The highest BCUT2D eigenvalue weighted by atomic mass is 16.5. The van der Waals surface area contributed by atoms with Crippen LogP contribution >= 0.6 is 0 Å². The highest BCUT2D eigenvalue weighted by Gasteiger charge is 2.25. The van der Waals surface area contributed by atoms with Gasteiger partial charge in [-0.25, -0.2) is 0 Å². The van der Waals surface area contributed by atoms with Gasteiger partial charge in [-0.05, 0) is 36.9 Å². The molecule has 3 rings (SSSR count). The molecular formula is C16H24N2O. The Morgan fingerprint density at radius 3 is 2.95 bits per heavy atom. The molecule has 3 nitrogen and oxygen atoms in total. The van der Waals surface area contributed by atoms with Crippen LogP contribution < -0.4 is 5.73 Å². The fourth-order valence-electron chi connectivity index (χ4n) is 3.26. The molecule has 1 saturated heterocycles. The van der Waals surface area contributed by atoms with Gasteiger partial charge in [0.25, 0.3) is 0 Å². The molecule has 2 atom stereocenters. The van der Waals surface area contributed by atoms with Gasteiger partial charge in [0.05, 0.1) is 6.61 Å². The maximum atomic E-state index is 6.22. The number of hydrogen-bond acceptors (Lipinski definition) is 3. The van der Waals surface area contributed by atoms with Crippen LogP contribution in [0.15, 0.2) is 24.3 Å². The minimum absolute atomic E-state index is 0.312. The van der Waals surface area contributed by atoms with Crippen LogP contribution in [0.2, 0.25) is 0 Å². The van der Waals surface area contributed by atoms with E-state index in [9.17, 15) is 0 Å². The standard InChI is InChI=1S/C16H24N2O/c17-16-7-9-19-12-15(16)11-18-8-3-6-13-4-1-2-5-14(13)10-18/h1-2,4-5,15-16H,3,6-12,17H2. The van der Waals surface area contributed by atoms with E-state index in [2.05, 4.69) is 29.2 Å². The second-order valence-electron chi connectivity index (χ2n) is 5.89. The lowest BCUT2D eigenvalue weighted by Crippen LogP contribution is -2.45. The molecule has 1 aromatic rings. The SMILES string of the molecule is NC1CCOCC1CN1CCCc2ccccc2C1. The number of benzene rings is 1. The van der Waals surface area contributed by atoms with Crippen molar-refractivity contribution in [2.45, 2.75) is 31.8 Å². The number of fused-ring (bicyclic) bond motifs is 1. The maximum Gasteiger partial charge on any atom is 0.0521 e. The van der Waals surface area contributed by atoms with Crippen molar-refractivity contribution in [3.05, 3.63) is 35.4 Å². The smallest absolute Gasteiger partial charge is 0.0521 e. The van der Waals surface area contributed by atoms with Gasteiger partial charge in [0.15, 0.2) is 0 Å². The maximum absolute atomic E-state index is 6.22. The predicted octanol–water partition coefficient (Wildman–Crippen LogP) is 1.80. The fourth-order valence-corrected chi connectivity index (χ4v) is 3.26. The number of ether oxygens (including phenoxy) is 1. The summed E-state index contributed by atoms with van der Waals surface area (Å²) in [7, 11) is 0. The lowest BCUT2D eigenvalue weighted by atomic mass is 9.96. The molecular weight excluding hydrogens is 236 g/mol. The van der Waals surface area contributed by atoms with Crippen LogP contribution in [0.3, 0.4) is 0 Å². The Balaban J connectivity index is 1.65. The van der Waals surface area contributed by atoms with E-state index in [1.165, 1.54) is 30.5 Å². The van der Waals surface area contributed by atoms with Crippen molar-refractivity contribution in [3.63, 3.8) is 0 Å². The summed E-state index contributed by atoms with van der Waals surface area (Å²) in [6.07, 6.45) is 3.47. The number of aryl methyl sites for hydroxylation is 1. The Hall–Kier alpha value is -0.900. The summed E-state index contributed by atoms with van der Waals surface area (Å²) >= 11 is 0. The molecule has 0 spiro atoms. The van der Waals surface area contributed by atoms with Crippen molar-refractivity contribution in [2.24, 2.45) is 11.7 Å². The van der Waals surface area contributed by atoms with Gasteiger partial charge in [-0.2, -0.15) is 0 Å². The fraction of sp³-hybridized carbons (Fsp3) is 0.625. The number of nitrogens with zero attached hydrogens (tertiary/aromatic N) is 1. The van der Waals surface area contributed by atoms with E-state index in [4.69, 9.17) is 10.5 Å². The van der Waals surface area contributed by atoms with Crippen molar-refractivity contribution < 1.29 is 4.74 Å². The van der Waals surface area contributed by atoms with E-state index in [0.29, 0.717) is 12.0 Å². The van der Waals surface area contributed by atoms with Gasteiger partial charge in [-0.1, -0.05) is 24.3 Å². The molecule has 0 saturated carbocycles. The van der Waals surface area contributed by atoms with Gasteiger partial charge < -0.3 is 10.5 Å². The first kappa shape index (κ1) is 13.1. The molecule has 1 fully saturated rings. The largest absolute Gasteiger partial charge is 0.381 e. The van der Waals surface area contributed by atoms with E-state index < -0.39 is 0 Å². The molecule has 0 aromatic heterocycles. The van der Waals surface area contributed by atoms with Crippen molar-refractivity contribution >= 4 is 0 Å². The van der Waals surface area contributed by atoms with Gasteiger partial charge >= 0.3 is 0 Å². The summed E-state index contributed by atoms with van der Waals surface area (Å²) in [4.78, 5) is 2.56.